The smallest absolute Gasteiger partial charge is 0.411 e. The molecule has 0 spiro atoms. The highest BCUT2D eigenvalue weighted by Gasteiger charge is 2.25. The summed E-state index contributed by atoms with van der Waals surface area (Å²) in [7, 11) is 0. The fraction of sp³-hybridized carbons (Fsp3) is 0.304. The van der Waals surface area contributed by atoms with Gasteiger partial charge in [-0.15, -0.1) is 0 Å². The number of nitrogens with one attached hydrogen (secondary N) is 1. The van der Waals surface area contributed by atoms with Crippen LogP contribution in [0.25, 0.3) is 11.0 Å². The molecule has 1 aliphatic rings. The number of ketones is 1. The number of ether oxygens (including phenoxy) is 1. The Morgan fingerprint density at radius 3 is 2.63 bits per heavy atom. The normalized spacial score (nSPS) is 15.2. The van der Waals surface area contributed by atoms with E-state index in [1.807, 2.05) is 12.1 Å². The van der Waals surface area contributed by atoms with E-state index in [0.717, 1.165) is 31.3 Å². The molecule has 0 radical (unpaired) electrons. The van der Waals surface area contributed by atoms with Gasteiger partial charge in [0.1, 0.15) is 18.0 Å². The minimum Gasteiger partial charge on any atom is -0.464 e. The van der Waals surface area contributed by atoms with Crippen molar-refractivity contribution in [2.45, 2.75) is 12.8 Å². The van der Waals surface area contributed by atoms with Crippen molar-refractivity contribution in [1.82, 2.24) is 4.90 Å². The molecule has 0 atom stereocenters. The number of amides is 1. The van der Waals surface area contributed by atoms with E-state index in [-0.39, 0.29) is 24.1 Å². The van der Waals surface area contributed by atoms with Crippen LogP contribution in [0, 0.1) is 11.7 Å². The number of benzene rings is 2. The summed E-state index contributed by atoms with van der Waals surface area (Å²) >= 11 is 0. The summed E-state index contributed by atoms with van der Waals surface area (Å²) in [6.07, 6.45) is 2.57. The number of anilines is 1. The maximum atomic E-state index is 13.0. The number of carbonyl (C=O) groups excluding carboxylic acids is 2. The molecule has 1 fully saturated rings. The number of Topliss-reactive ketones (excluding diaryl/α,β-unsaturated/α-hetero) is 1. The largest absolute Gasteiger partial charge is 0.464 e. The van der Waals surface area contributed by atoms with Crippen molar-refractivity contribution in [3.05, 3.63) is 66.2 Å². The van der Waals surface area contributed by atoms with Gasteiger partial charge in [0.05, 0.1) is 6.26 Å². The summed E-state index contributed by atoms with van der Waals surface area (Å²) in [5.74, 6) is -0.321. The van der Waals surface area contributed by atoms with Crippen LogP contribution < -0.4 is 5.32 Å². The monoisotopic (exact) mass is 410 g/mol. The van der Waals surface area contributed by atoms with Gasteiger partial charge < -0.3 is 9.15 Å². The SMILES string of the molecule is O=C(Nc1ccc2ccoc2c1)OCCN1CCC(C(=O)c2ccc(F)cc2)CC1. The topological polar surface area (TPSA) is 71.8 Å². The minimum atomic E-state index is -0.512. The number of hydrogen-bond donors (Lipinski definition) is 1. The predicted molar refractivity (Wildman–Crippen MR) is 111 cm³/mol. The fourth-order valence-corrected chi connectivity index (χ4v) is 3.72. The number of furan rings is 1. The molecule has 4 rings (SSSR count). The molecule has 1 saturated heterocycles. The van der Waals surface area contributed by atoms with Crippen LogP contribution in [0.1, 0.15) is 23.2 Å². The summed E-state index contributed by atoms with van der Waals surface area (Å²) in [6, 6.07) is 13.0. The summed E-state index contributed by atoms with van der Waals surface area (Å²) in [5, 5.41) is 3.66. The third kappa shape index (κ3) is 4.86. The van der Waals surface area contributed by atoms with E-state index in [1.54, 1.807) is 30.5 Å². The van der Waals surface area contributed by atoms with E-state index in [0.29, 0.717) is 23.4 Å². The highest BCUT2D eigenvalue weighted by molar-refractivity contribution is 5.97. The van der Waals surface area contributed by atoms with E-state index in [2.05, 4.69) is 10.2 Å². The Kier molecular flexibility index (Phi) is 6.09. The lowest BCUT2D eigenvalue weighted by molar-refractivity contribution is 0.0813. The molecule has 0 saturated carbocycles. The maximum Gasteiger partial charge on any atom is 0.411 e. The van der Waals surface area contributed by atoms with Crippen molar-refractivity contribution in [3.8, 4) is 0 Å². The lowest BCUT2D eigenvalue weighted by Crippen LogP contribution is -2.38. The van der Waals surface area contributed by atoms with E-state index < -0.39 is 6.09 Å². The van der Waals surface area contributed by atoms with Crippen LogP contribution in [0.3, 0.4) is 0 Å². The molecule has 7 heteroatoms. The zero-order valence-corrected chi connectivity index (χ0v) is 16.5. The van der Waals surface area contributed by atoms with Crippen LogP contribution >= 0.6 is 0 Å². The first-order chi connectivity index (χ1) is 14.6. The second-order valence-electron chi connectivity index (χ2n) is 7.42. The number of halogens is 1. The molecule has 1 aliphatic heterocycles. The van der Waals surface area contributed by atoms with Gasteiger partial charge in [-0.25, -0.2) is 9.18 Å². The third-order valence-corrected chi connectivity index (χ3v) is 5.43. The Labute approximate surface area is 173 Å². The highest BCUT2D eigenvalue weighted by Crippen LogP contribution is 2.22. The zero-order valence-electron chi connectivity index (χ0n) is 16.5. The van der Waals surface area contributed by atoms with Gasteiger partial charge in [0.25, 0.3) is 0 Å². The van der Waals surface area contributed by atoms with Crippen molar-refractivity contribution < 1.29 is 23.1 Å². The molecule has 0 aliphatic carbocycles. The van der Waals surface area contributed by atoms with Crippen LogP contribution in [-0.4, -0.2) is 43.0 Å². The summed E-state index contributed by atoms with van der Waals surface area (Å²) < 4.78 is 23.6. The predicted octanol–water partition coefficient (Wildman–Crippen LogP) is 4.72. The molecular weight excluding hydrogens is 387 g/mol. The number of likely N-dealkylation sites (tertiary alicyclic amines) is 1. The van der Waals surface area contributed by atoms with Crippen molar-refractivity contribution >= 4 is 28.5 Å². The molecule has 2 aromatic carbocycles. The van der Waals surface area contributed by atoms with Gasteiger partial charge in [-0.2, -0.15) is 0 Å². The Hall–Kier alpha value is -3.19. The second-order valence-corrected chi connectivity index (χ2v) is 7.42. The van der Waals surface area contributed by atoms with E-state index in [1.165, 1.54) is 12.1 Å². The van der Waals surface area contributed by atoms with Crippen molar-refractivity contribution in [2.75, 3.05) is 31.6 Å². The number of rotatable bonds is 6. The van der Waals surface area contributed by atoms with E-state index in [9.17, 15) is 14.0 Å². The average molecular weight is 410 g/mol. The molecule has 1 aromatic heterocycles. The molecule has 2 heterocycles. The Morgan fingerprint density at radius 1 is 1.10 bits per heavy atom. The lowest BCUT2D eigenvalue weighted by Gasteiger charge is -2.31. The van der Waals surface area contributed by atoms with Crippen LogP contribution in [0.4, 0.5) is 14.9 Å². The number of hydrogen-bond acceptors (Lipinski definition) is 5. The van der Waals surface area contributed by atoms with Crippen LogP contribution in [-0.2, 0) is 4.74 Å². The van der Waals surface area contributed by atoms with E-state index >= 15 is 0 Å². The summed E-state index contributed by atoms with van der Waals surface area (Å²) in [5.41, 5.74) is 1.87. The molecular formula is C23H23FN2O4. The molecule has 0 unspecified atom stereocenters. The number of carbonyl (C=O) groups is 2. The first-order valence-corrected chi connectivity index (χ1v) is 10.0. The van der Waals surface area contributed by atoms with Crippen molar-refractivity contribution in [3.63, 3.8) is 0 Å². The van der Waals surface area contributed by atoms with Gasteiger partial charge >= 0.3 is 6.09 Å². The first kappa shape index (κ1) is 20.1. The quantitative estimate of drug-likeness (QED) is 0.596. The summed E-state index contributed by atoms with van der Waals surface area (Å²) in [6.45, 7) is 2.41. The van der Waals surface area contributed by atoms with Crippen LogP contribution in [0.15, 0.2) is 59.2 Å². The molecule has 3 aromatic rings. The van der Waals surface area contributed by atoms with Gasteiger partial charge in [-0.1, -0.05) is 0 Å². The number of nitrogens with zero attached hydrogens (tertiary/aromatic N) is 1. The fourth-order valence-electron chi connectivity index (χ4n) is 3.72. The number of piperidine rings is 1. The zero-order chi connectivity index (χ0) is 20.9. The molecule has 6 nitrogen and oxygen atoms in total. The van der Waals surface area contributed by atoms with Gasteiger partial charge in [-0.3, -0.25) is 15.0 Å². The molecule has 30 heavy (non-hydrogen) atoms. The Bertz CT molecular complexity index is 1020. The standard InChI is InChI=1S/C23H23FN2O4/c24-19-4-1-17(2-5-19)22(27)18-7-10-26(11-8-18)12-14-30-23(28)25-20-6-3-16-9-13-29-21(16)15-20/h1-6,9,13,15,18H,7-8,10-12,14H2,(H,25,28). The molecule has 156 valence electrons. The number of fused-ring (bicyclic) bond motifs is 1. The van der Waals surface area contributed by atoms with Gasteiger partial charge in [0, 0.05) is 35.2 Å². The Balaban J connectivity index is 1.18. The average Bonchev–Trinajstić information content (AvgIpc) is 3.22. The lowest BCUT2D eigenvalue weighted by atomic mass is 9.89. The highest BCUT2D eigenvalue weighted by atomic mass is 19.1. The minimum absolute atomic E-state index is 0.0487. The van der Waals surface area contributed by atoms with Gasteiger partial charge in [0.2, 0.25) is 0 Å². The van der Waals surface area contributed by atoms with Crippen molar-refractivity contribution in [1.29, 1.82) is 0 Å². The van der Waals surface area contributed by atoms with Crippen molar-refractivity contribution in [2.24, 2.45) is 5.92 Å². The van der Waals surface area contributed by atoms with Crippen LogP contribution in [0.5, 0.6) is 0 Å². The summed E-state index contributed by atoms with van der Waals surface area (Å²) in [4.78, 5) is 26.7. The van der Waals surface area contributed by atoms with Crippen LogP contribution in [0.2, 0.25) is 0 Å². The molecule has 1 amide bonds. The second kappa shape index (κ2) is 9.09. The van der Waals surface area contributed by atoms with E-state index in [4.69, 9.17) is 9.15 Å². The van der Waals surface area contributed by atoms with Gasteiger partial charge in [0.15, 0.2) is 5.78 Å². The maximum absolute atomic E-state index is 13.0. The first-order valence-electron chi connectivity index (χ1n) is 10.0. The third-order valence-electron chi connectivity index (χ3n) is 5.43. The molecule has 0 bridgehead atoms. The molecule has 1 N–H and O–H groups in total. The Morgan fingerprint density at radius 2 is 1.87 bits per heavy atom. The van der Waals surface area contributed by atoms with Gasteiger partial charge in [-0.05, 0) is 68.4 Å².